The van der Waals surface area contributed by atoms with Crippen LogP contribution in [0.2, 0.25) is 0 Å². The highest BCUT2D eigenvalue weighted by Gasteiger charge is 2.64. The molecule has 1 aromatic carbocycles. The number of ether oxygens (including phenoxy) is 2. The Morgan fingerprint density at radius 3 is 2.58 bits per heavy atom. The summed E-state index contributed by atoms with van der Waals surface area (Å²) in [6, 6.07) is 5.85. The van der Waals surface area contributed by atoms with Gasteiger partial charge >= 0.3 is 5.97 Å². The number of hydrogen-bond donors (Lipinski definition) is 0. The van der Waals surface area contributed by atoms with E-state index < -0.39 is 22.1 Å². The third-order valence-electron chi connectivity index (χ3n) is 5.62. The van der Waals surface area contributed by atoms with E-state index in [-0.39, 0.29) is 11.8 Å². The van der Waals surface area contributed by atoms with Crippen LogP contribution in [0.3, 0.4) is 0 Å². The third kappa shape index (κ3) is 3.71. The number of nitro benzene ring substituents is 1. The minimum absolute atomic E-state index is 0.0205. The zero-order valence-electron chi connectivity index (χ0n) is 15.2. The Labute approximate surface area is 158 Å². The molecule has 0 spiro atoms. The van der Waals surface area contributed by atoms with Gasteiger partial charge in [-0.05, 0) is 54.7 Å². The maximum Gasteiger partial charge on any atom is 0.357 e. The number of nitrogens with zero attached hydrogens (tertiary/aromatic N) is 1. The van der Waals surface area contributed by atoms with Gasteiger partial charge in [-0.25, -0.2) is 4.79 Å². The Kier molecular flexibility index (Phi) is 5.26. The fourth-order valence-corrected chi connectivity index (χ4v) is 3.90. The Hall–Kier alpha value is -1.66. The molecule has 5 atom stereocenters. The van der Waals surface area contributed by atoms with Gasteiger partial charge in [0.15, 0.2) is 0 Å². The number of benzene rings is 1. The van der Waals surface area contributed by atoms with Crippen LogP contribution in [0.15, 0.2) is 24.3 Å². The molecule has 2 aliphatic rings. The van der Waals surface area contributed by atoms with E-state index >= 15 is 0 Å². The first kappa shape index (κ1) is 19.1. The Bertz CT molecular complexity index is 692. The largest absolute Gasteiger partial charge is 0.459 e. The van der Waals surface area contributed by atoms with E-state index in [9.17, 15) is 14.9 Å². The Balaban J connectivity index is 1.64. The smallest absolute Gasteiger partial charge is 0.357 e. The van der Waals surface area contributed by atoms with E-state index in [0.717, 1.165) is 19.3 Å². The van der Waals surface area contributed by atoms with E-state index in [4.69, 9.17) is 21.1 Å². The van der Waals surface area contributed by atoms with Crippen LogP contribution in [-0.2, 0) is 14.3 Å². The lowest BCUT2D eigenvalue weighted by Crippen LogP contribution is -2.36. The number of nitro groups is 1. The molecule has 26 heavy (non-hydrogen) atoms. The van der Waals surface area contributed by atoms with Crippen LogP contribution in [0.25, 0.3) is 0 Å². The minimum Gasteiger partial charge on any atom is -0.459 e. The molecular formula is C19H24ClNO5. The summed E-state index contributed by atoms with van der Waals surface area (Å²) in [4.78, 5) is 22.8. The van der Waals surface area contributed by atoms with Crippen molar-refractivity contribution in [1.29, 1.82) is 0 Å². The molecule has 0 radical (unpaired) electrons. The maximum atomic E-state index is 12.6. The number of non-ortho nitro benzene ring substituents is 1. The molecule has 3 rings (SSSR count). The number of carbonyl (C=O) groups excluding carboxylic acids is 1. The molecule has 6 nitrogen and oxygen atoms in total. The van der Waals surface area contributed by atoms with Crippen LogP contribution in [0, 0.1) is 27.9 Å². The predicted octanol–water partition coefficient (Wildman–Crippen LogP) is 4.61. The van der Waals surface area contributed by atoms with Gasteiger partial charge in [0.25, 0.3) is 10.7 Å². The van der Waals surface area contributed by atoms with Gasteiger partial charge in [0.1, 0.15) is 12.2 Å². The first-order valence-electron chi connectivity index (χ1n) is 9.04. The number of halogens is 1. The summed E-state index contributed by atoms with van der Waals surface area (Å²) >= 11 is 6.33. The van der Waals surface area contributed by atoms with Crippen molar-refractivity contribution in [2.75, 3.05) is 0 Å². The Morgan fingerprint density at radius 2 is 2.00 bits per heavy atom. The second kappa shape index (κ2) is 7.16. The van der Waals surface area contributed by atoms with E-state index in [1.54, 1.807) is 12.1 Å². The van der Waals surface area contributed by atoms with Gasteiger partial charge in [0.2, 0.25) is 0 Å². The Morgan fingerprint density at radius 1 is 1.35 bits per heavy atom. The van der Waals surface area contributed by atoms with Crippen molar-refractivity contribution in [3.63, 3.8) is 0 Å². The van der Waals surface area contributed by atoms with Gasteiger partial charge in [-0.2, -0.15) is 0 Å². The molecule has 0 bridgehead atoms. The van der Waals surface area contributed by atoms with Crippen LogP contribution in [0.5, 0.6) is 0 Å². The average molecular weight is 382 g/mol. The molecular weight excluding hydrogens is 358 g/mol. The predicted molar refractivity (Wildman–Crippen MR) is 96.7 cm³/mol. The number of epoxide rings is 1. The zero-order valence-corrected chi connectivity index (χ0v) is 15.9. The summed E-state index contributed by atoms with van der Waals surface area (Å²) in [5, 5.41) is 9.21. The monoisotopic (exact) mass is 381 g/mol. The minimum atomic E-state index is -1.53. The van der Waals surface area contributed by atoms with Gasteiger partial charge < -0.3 is 9.47 Å². The molecule has 1 saturated carbocycles. The highest BCUT2D eigenvalue weighted by atomic mass is 35.5. The van der Waals surface area contributed by atoms with Crippen molar-refractivity contribution in [2.45, 2.75) is 57.3 Å². The number of alkyl halides is 1. The van der Waals surface area contributed by atoms with E-state index in [0.29, 0.717) is 23.3 Å². The number of hydrogen-bond acceptors (Lipinski definition) is 5. The van der Waals surface area contributed by atoms with Gasteiger partial charge in [0, 0.05) is 12.1 Å². The summed E-state index contributed by atoms with van der Waals surface area (Å²) in [5.41, 5.74) is 0.604. The van der Waals surface area contributed by atoms with Crippen molar-refractivity contribution in [1.82, 2.24) is 0 Å². The summed E-state index contributed by atoms with van der Waals surface area (Å²) < 4.78 is 11.1. The van der Waals surface area contributed by atoms with Crippen molar-refractivity contribution >= 4 is 23.3 Å². The van der Waals surface area contributed by atoms with Crippen molar-refractivity contribution in [2.24, 2.45) is 17.8 Å². The van der Waals surface area contributed by atoms with Crippen LogP contribution >= 0.6 is 11.6 Å². The number of carbonyl (C=O) groups is 1. The topological polar surface area (TPSA) is 82.0 Å². The van der Waals surface area contributed by atoms with E-state index in [1.165, 1.54) is 12.1 Å². The van der Waals surface area contributed by atoms with Gasteiger partial charge in [-0.1, -0.05) is 32.4 Å². The van der Waals surface area contributed by atoms with Gasteiger partial charge in [-0.3, -0.25) is 10.1 Å². The fourth-order valence-electron chi connectivity index (χ4n) is 3.64. The molecule has 1 aliphatic carbocycles. The highest BCUT2D eigenvalue weighted by molar-refractivity contribution is 6.35. The zero-order chi connectivity index (χ0) is 19.1. The highest BCUT2D eigenvalue weighted by Crippen LogP contribution is 2.54. The lowest BCUT2D eigenvalue weighted by Gasteiger charge is -2.35. The molecule has 142 valence electrons. The van der Waals surface area contributed by atoms with Crippen molar-refractivity contribution in [3.05, 3.63) is 39.9 Å². The first-order chi connectivity index (χ1) is 12.2. The molecule has 0 amide bonds. The molecule has 1 aromatic rings. The maximum absolute atomic E-state index is 12.6. The lowest BCUT2D eigenvalue weighted by atomic mass is 9.76. The lowest BCUT2D eigenvalue weighted by molar-refractivity contribution is -0.384. The summed E-state index contributed by atoms with van der Waals surface area (Å²) in [6.45, 7) is 6.48. The van der Waals surface area contributed by atoms with Crippen LogP contribution in [0.4, 0.5) is 5.69 Å². The molecule has 1 heterocycles. The van der Waals surface area contributed by atoms with Gasteiger partial charge in [0.05, 0.1) is 4.92 Å². The molecule has 1 saturated heterocycles. The van der Waals surface area contributed by atoms with Crippen LogP contribution in [-0.4, -0.2) is 22.1 Å². The third-order valence-corrected chi connectivity index (χ3v) is 6.06. The van der Waals surface area contributed by atoms with Crippen LogP contribution in [0.1, 0.15) is 51.7 Å². The quantitative estimate of drug-likeness (QED) is 0.244. The number of rotatable bonds is 5. The van der Waals surface area contributed by atoms with Crippen molar-refractivity contribution < 1.29 is 19.2 Å². The molecule has 0 unspecified atom stereocenters. The molecule has 7 heteroatoms. The second-order valence-electron chi connectivity index (χ2n) is 7.73. The van der Waals surface area contributed by atoms with Crippen molar-refractivity contribution in [3.8, 4) is 0 Å². The number of esters is 1. The SMILES string of the molecule is CC(C)[C@H]1CC[C@H](C)[C@@H](OC(=O)[C@@]2(Cl)O[C@H]2c2ccc([N+](=O)[O-])cc2)C1. The summed E-state index contributed by atoms with van der Waals surface area (Å²) in [6.07, 6.45) is 2.24. The summed E-state index contributed by atoms with van der Waals surface area (Å²) in [5.74, 6) is 0.828. The molecule has 0 aromatic heterocycles. The fraction of sp³-hybridized carbons (Fsp3) is 0.632. The average Bonchev–Trinajstić information content (AvgIpc) is 3.30. The normalized spacial score (nSPS) is 33.7. The molecule has 1 aliphatic heterocycles. The summed E-state index contributed by atoms with van der Waals surface area (Å²) in [7, 11) is 0. The standard InChI is InChI=1S/C19H24ClNO5/c1-11(2)14-5-4-12(3)16(10-14)25-18(22)19(20)17(26-19)13-6-8-15(9-7-13)21(23)24/h6-9,11-12,14,16-17H,4-5,10H2,1-3H3/t12-,14-,16-,17-,19-/m0/s1. The van der Waals surface area contributed by atoms with E-state index in [2.05, 4.69) is 20.8 Å². The van der Waals surface area contributed by atoms with E-state index in [1.807, 2.05) is 0 Å². The second-order valence-corrected chi connectivity index (χ2v) is 8.29. The molecule has 0 N–H and O–H groups in total. The van der Waals surface area contributed by atoms with Crippen LogP contribution < -0.4 is 0 Å². The first-order valence-corrected chi connectivity index (χ1v) is 9.42. The van der Waals surface area contributed by atoms with Gasteiger partial charge in [-0.15, -0.1) is 0 Å². The molecule has 2 fully saturated rings.